The molecule has 0 aliphatic heterocycles. The minimum atomic E-state index is 0.264. The molecule has 0 aliphatic carbocycles. The summed E-state index contributed by atoms with van der Waals surface area (Å²) in [6.45, 7) is 6.92. The first-order valence-corrected chi connectivity index (χ1v) is 12.3. The number of nitrogens with two attached hydrogens (primary N) is 2. The Balaban J connectivity index is 1.49. The van der Waals surface area contributed by atoms with Crippen LogP contribution in [0.4, 0.5) is 0 Å². The number of ether oxygens (including phenoxy) is 1. The molecular formula is C30H30N6O. The summed E-state index contributed by atoms with van der Waals surface area (Å²) in [5, 5.41) is 3.72. The van der Waals surface area contributed by atoms with Crippen LogP contribution in [0.1, 0.15) is 35.1 Å². The zero-order valence-electron chi connectivity index (χ0n) is 21.3. The summed E-state index contributed by atoms with van der Waals surface area (Å²) in [5.74, 6) is 8.28. The number of hydrogen-bond acceptors (Lipinski definition) is 5. The number of aryl methyl sites for hydroxylation is 3. The second kappa shape index (κ2) is 10.1. The number of imidazole rings is 1. The number of hydrogen-bond donors (Lipinski definition) is 2. The number of pyridine rings is 1. The molecule has 3 aromatic carbocycles. The van der Waals surface area contributed by atoms with Gasteiger partial charge in [-0.25, -0.2) is 9.97 Å². The number of rotatable bonds is 7. The largest absolute Gasteiger partial charge is 0.457 e. The van der Waals surface area contributed by atoms with Crippen LogP contribution < -0.4 is 16.3 Å². The van der Waals surface area contributed by atoms with Crippen molar-refractivity contribution in [2.45, 2.75) is 33.7 Å². The van der Waals surface area contributed by atoms with Gasteiger partial charge in [-0.1, -0.05) is 49.4 Å². The Labute approximate surface area is 216 Å². The van der Waals surface area contributed by atoms with E-state index in [1.165, 1.54) is 0 Å². The van der Waals surface area contributed by atoms with E-state index in [9.17, 15) is 0 Å². The first-order valence-electron chi connectivity index (χ1n) is 12.3. The topological polar surface area (TPSA) is 104 Å². The van der Waals surface area contributed by atoms with E-state index in [0.717, 1.165) is 62.7 Å². The summed E-state index contributed by atoms with van der Waals surface area (Å²) in [6, 6.07) is 25.9. The molecule has 4 N–H and O–H groups in total. The lowest BCUT2D eigenvalue weighted by molar-refractivity contribution is 0.483. The van der Waals surface area contributed by atoms with Crippen LogP contribution in [0.15, 0.2) is 84.0 Å². The first-order chi connectivity index (χ1) is 18.0. The maximum Gasteiger partial charge on any atom is 0.160 e. The maximum absolute atomic E-state index is 6.13. The third-order valence-electron chi connectivity index (χ3n) is 6.41. The molecule has 2 aromatic heterocycles. The number of benzene rings is 3. The van der Waals surface area contributed by atoms with E-state index in [4.69, 9.17) is 26.3 Å². The van der Waals surface area contributed by atoms with Crippen LogP contribution in [0.3, 0.4) is 0 Å². The molecule has 0 bridgehead atoms. The van der Waals surface area contributed by atoms with E-state index in [2.05, 4.69) is 53.8 Å². The average molecular weight is 491 g/mol. The number of amidine groups is 1. The van der Waals surface area contributed by atoms with E-state index in [-0.39, 0.29) is 5.84 Å². The molecule has 0 amide bonds. The standard InChI is InChI=1S/C30H30N6O/c1-4-27-34-28-19(2)16-20(3)33-30(28)36(27)18-21-10-12-22(13-11-21)26-17-24(14-15-25(26)29(31)35-32)37-23-8-6-5-7-9-23/h5-17H,4,18,32H2,1-3H3,(H2,31,35). The van der Waals surface area contributed by atoms with Crippen molar-refractivity contribution in [1.82, 2.24) is 14.5 Å². The van der Waals surface area contributed by atoms with Crippen molar-refractivity contribution in [3.8, 4) is 22.6 Å². The van der Waals surface area contributed by atoms with Crippen molar-refractivity contribution >= 4 is 17.0 Å². The Morgan fingerprint density at radius 1 is 0.919 bits per heavy atom. The van der Waals surface area contributed by atoms with Crippen LogP contribution in [0.5, 0.6) is 11.5 Å². The fourth-order valence-electron chi connectivity index (χ4n) is 4.60. The summed E-state index contributed by atoms with van der Waals surface area (Å²) >= 11 is 0. The normalized spacial score (nSPS) is 11.7. The average Bonchev–Trinajstić information content (AvgIpc) is 3.26. The molecule has 7 heteroatoms. The maximum atomic E-state index is 6.13. The minimum Gasteiger partial charge on any atom is -0.457 e. The van der Waals surface area contributed by atoms with Gasteiger partial charge in [-0.15, -0.1) is 0 Å². The highest BCUT2D eigenvalue weighted by Gasteiger charge is 2.15. The predicted octanol–water partition coefficient (Wildman–Crippen LogP) is 5.70. The fourth-order valence-corrected chi connectivity index (χ4v) is 4.60. The van der Waals surface area contributed by atoms with Crippen molar-refractivity contribution in [3.63, 3.8) is 0 Å². The van der Waals surface area contributed by atoms with Gasteiger partial charge in [-0.05, 0) is 72.5 Å². The van der Waals surface area contributed by atoms with Crippen LogP contribution in [-0.4, -0.2) is 20.4 Å². The van der Waals surface area contributed by atoms with Gasteiger partial charge in [0.25, 0.3) is 0 Å². The number of nitrogens with zero attached hydrogens (tertiary/aromatic N) is 4. The van der Waals surface area contributed by atoms with Gasteiger partial charge in [0.05, 0.1) is 6.54 Å². The highest BCUT2D eigenvalue weighted by Crippen LogP contribution is 2.31. The molecule has 0 unspecified atom stereocenters. The van der Waals surface area contributed by atoms with E-state index in [1.54, 1.807) is 0 Å². The zero-order valence-corrected chi connectivity index (χ0v) is 21.3. The lowest BCUT2D eigenvalue weighted by Gasteiger charge is -2.14. The van der Waals surface area contributed by atoms with Crippen LogP contribution >= 0.6 is 0 Å². The second-order valence-electron chi connectivity index (χ2n) is 9.05. The smallest absolute Gasteiger partial charge is 0.160 e. The number of hydrazone groups is 1. The van der Waals surface area contributed by atoms with Crippen molar-refractivity contribution < 1.29 is 4.74 Å². The van der Waals surface area contributed by atoms with E-state index >= 15 is 0 Å². The molecule has 37 heavy (non-hydrogen) atoms. The molecule has 0 radical (unpaired) electrons. The summed E-state index contributed by atoms with van der Waals surface area (Å²) < 4.78 is 8.27. The van der Waals surface area contributed by atoms with E-state index in [0.29, 0.717) is 12.3 Å². The Bertz CT molecular complexity index is 1590. The summed E-state index contributed by atoms with van der Waals surface area (Å²) in [7, 11) is 0. The number of fused-ring (bicyclic) bond motifs is 1. The second-order valence-corrected chi connectivity index (χ2v) is 9.05. The fraction of sp³-hybridized carbons (Fsp3) is 0.167. The van der Waals surface area contributed by atoms with Gasteiger partial charge in [0.15, 0.2) is 11.5 Å². The van der Waals surface area contributed by atoms with Gasteiger partial charge in [0.1, 0.15) is 22.8 Å². The molecule has 0 aliphatic rings. The molecule has 0 spiro atoms. The monoisotopic (exact) mass is 490 g/mol. The van der Waals surface area contributed by atoms with Crippen molar-refractivity contribution in [2.75, 3.05) is 0 Å². The van der Waals surface area contributed by atoms with Crippen molar-refractivity contribution in [1.29, 1.82) is 0 Å². The predicted molar refractivity (Wildman–Crippen MR) is 149 cm³/mol. The zero-order chi connectivity index (χ0) is 25.9. The Hall–Kier alpha value is -4.65. The number of aromatic nitrogens is 3. The van der Waals surface area contributed by atoms with E-state index in [1.807, 2.05) is 55.5 Å². The SMILES string of the molecule is CCc1nc2c(C)cc(C)nc2n1Cc1ccc(-c2cc(Oc3ccccc3)ccc2/C(N)=N/N)cc1. The van der Waals surface area contributed by atoms with Crippen molar-refractivity contribution in [2.24, 2.45) is 16.7 Å². The minimum absolute atomic E-state index is 0.264. The third kappa shape index (κ3) is 4.89. The Morgan fingerprint density at radius 3 is 2.38 bits per heavy atom. The van der Waals surface area contributed by atoms with Crippen LogP contribution in [-0.2, 0) is 13.0 Å². The van der Waals surface area contributed by atoms with Gasteiger partial charge in [-0.3, -0.25) is 0 Å². The van der Waals surface area contributed by atoms with Crippen molar-refractivity contribution in [3.05, 3.63) is 107 Å². The van der Waals surface area contributed by atoms with Gasteiger partial charge in [-0.2, -0.15) is 5.10 Å². The molecule has 0 fully saturated rings. The quantitative estimate of drug-likeness (QED) is 0.132. The van der Waals surface area contributed by atoms with Crippen LogP contribution in [0, 0.1) is 13.8 Å². The van der Waals surface area contributed by atoms with Gasteiger partial charge >= 0.3 is 0 Å². The summed E-state index contributed by atoms with van der Waals surface area (Å²) in [6.07, 6.45) is 0.836. The molecule has 7 nitrogen and oxygen atoms in total. The lowest BCUT2D eigenvalue weighted by atomic mass is 9.97. The van der Waals surface area contributed by atoms with E-state index < -0.39 is 0 Å². The molecule has 0 saturated heterocycles. The summed E-state index contributed by atoms with van der Waals surface area (Å²) in [5.41, 5.74) is 13.9. The first kappa shape index (κ1) is 24.1. The Kier molecular flexibility index (Phi) is 6.60. The van der Waals surface area contributed by atoms with Gasteiger partial charge < -0.3 is 20.9 Å². The molecule has 0 atom stereocenters. The molecule has 2 heterocycles. The summed E-state index contributed by atoms with van der Waals surface area (Å²) in [4.78, 5) is 9.66. The molecule has 5 aromatic rings. The molecule has 186 valence electrons. The highest BCUT2D eigenvalue weighted by atomic mass is 16.5. The van der Waals surface area contributed by atoms with Gasteiger partial charge in [0, 0.05) is 17.7 Å². The third-order valence-corrected chi connectivity index (χ3v) is 6.41. The van der Waals surface area contributed by atoms with Crippen LogP contribution in [0.2, 0.25) is 0 Å². The lowest BCUT2D eigenvalue weighted by Crippen LogP contribution is -2.16. The molecular weight excluding hydrogens is 460 g/mol. The van der Waals surface area contributed by atoms with Crippen LogP contribution in [0.25, 0.3) is 22.3 Å². The molecule has 0 saturated carbocycles. The highest BCUT2D eigenvalue weighted by molar-refractivity contribution is 6.03. The van der Waals surface area contributed by atoms with Gasteiger partial charge in [0.2, 0.25) is 0 Å². The Morgan fingerprint density at radius 2 is 1.68 bits per heavy atom. The molecule has 5 rings (SSSR count). The number of para-hydroxylation sites is 1.